The summed E-state index contributed by atoms with van der Waals surface area (Å²) < 4.78 is 10.3. The minimum Gasteiger partial charge on any atom is -0.497 e. The Morgan fingerprint density at radius 3 is 2.57 bits per heavy atom. The van der Waals surface area contributed by atoms with Crippen molar-refractivity contribution in [3.05, 3.63) is 33.9 Å². The van der Waals surface area contributed by atoms with Gasteiger partial charge in [-0.15, -0.1) is 0 Å². The van der Waals surface area contributed by atoms with Crippen molar-refractivity contribution in [1.29, 1.82) is 0 Å². The van der Waals surface area contributed by atoms with Crippen LogP contribution in [0.1, 0.15) is 30.7 Å². The van der Waals surface area contributed by atoms with E-state index in [-0.39, 0.29) is 19.3 Å². The molecule has 0 spiro atoms. The number of hydrogen-bond donors (Lipinski definition) is 1. The molecule has 0 saturated heterocycles. The summed E-state index contributed by atoms with van der Waals surface area (Å²) >= 11 is 0. The fourth-order valence-corrected chi connectivity index (χ4v) is 2.41. The van der Waals surface area contributed by atoms with E-state index >= 15 is 0 Å². The van der Waals surface area contributed by atoms with Gasteiger partial charge in [0.2, 0.25) is 11.9 Å². The molecule has 2 atom stereocenters. The Bertz CT molecular complexity index is 575. The van der Waals surface area contributed by atoms with E-state index in [0.717, 1.165) is 0 Å². The molecule has 1 aromatic rings. The maximum Gasteiger partial charge on any atom is 0.221 e. The quantitative estimate of drug-likeness (QED) is 0.510. The Morgan fingerprint density at radius 1 is 1.39 bits per heavy atom. The van der Waals surface area contributed by atoms with Crippen molar-refractivity contribution < 1.29 is 24.0 Å². The molecule has 8 heteroatoms. The van der Waals surface area contributed by atoms with E-state index < -0.39 is 22.8 Å². The van der Waals surface area contributed by atoms with Gasteiger partial charge in [-0.3, -0.25) is 19.7 Å². The minimum absolute atomic E-state index is 0.0656. The summed E-state index contributed by atoms with van der Waals surface area (Å²) in [7, 11) is 2.91. The Hall–Kier alpha value is -2.64. The highest BCUT2D eigenvalue weighted by molar-refractivity contribution is 5.73. The van der Waals surface area contributed by atoms with Gasteiger partial charge in [0, 0.05) is 35.8 Å². The number of nitro groups is 1. The van der Waals surface area contributed by atoms with E-state index in [1.165, 1.54) is 14.2 Å². The van der Waals surface area contributed by atoms with Gasteiger partial charge in [-0.1, -0.05) is 6.07 Å². The number of rotatable bonds is 10. The maximum absolute atomic E-state index is 11.4. The molecule has 1 aromatic carbocycles. The number of ether oxygens (including phenoxy) is 2. The molecule has 1 rings (SSSR count). The number of carbonyl (C=O) groups is 1. The topological polar surface area (TPSA) is 122 Å². The van der Waals surface area contributed by atoms with E-state index in [4.69, 9.17) is 15.2 Å². The van der Waals surface area contributed by atoms with Crippen molar-refractivity contribution in [2.75, 3.05) is 14.2 Å². The highest BCUT2D eigenvalue weighted by Crippen LogP contribution is 2.36. The molecular weight excluding hydrogens is 304 g/mol. The standard InChI is InChI=1S/C15H19N2O6/c1-22-10-3-4-12(14(9-10)23-2)11(7-8-18)13(17(20)21)5-6-15(16)19/h3-4,9,11,13H,5-7H2,1-2H3,(H2,16,19). The van der Waals surface area contributed by atoms with Crippen LogP contribution in [0.25, 0.3) is 0 Å². The van der Waals surface area contributed by atoms with Gasteiger partial charge in [-0.25, -0.2) is 0 Å². The second kappa shape index (κ2) is 8.72. The molecule has 0 aliphatic carbocycles. The van der Waals surface area contributed by atoms with Gasteiger partial charge in [0.05, 0.1) is 20.1 Å². The lowest BCUT2D eigenvalue weighted by molar-refractivity contribution is -0.527. The Labute approximate surface area is 133 Å². The fourth-order valence-electron chi connectivity index (χ4n) is 2.41. The van der Waals surface area contributed by atoms with Gasteiger partial charge in [0.15, 0.2) is 6.29 Å². The number of carbonyl (C=O) groups excluding carboxylic acids is 2. The fraction of sp³-hybridized carbons (Fsp3) is 0.467. The van der Waals surface area contributed by atoms with E-state index in [0.29, 0.717) is 17.1 Å². The molecular formula is C15H19N2O6. The molecule has 2 N–H and O–H groups in total. The third-order valence-corrected chi connectivity index (χ3v) is 3.57. The van der Waals surface area contributed by atoms with Gasteiger partial charge >= 0.3 is 0 Å². The van der Waals surface area contributed by atoms with Gasteiger partial charge in [-0.05, 0) is 6.07 Å². The Balaban J connectivity index is 3.23. The predicted molar refractivity (Wildman–Crippen MR) is 81.8 cm³/mol. The van der Waals surface area contributed by atoms with Crippen molar-refractivity contribution in [3.8, 4) is 11.5 Å². The SMILES string of the molecule is COc1ccc(C(C[C]=O)C(CCC(N)=O)[N+](=O)[O-])c(OC)c1. The first kappa shape index (κ1) is 18.4. The van der Waals surface area contributed by atoms with Crippen molar-refractivity contribution in [2.24, 2.45) is 5.73 Å². The summed E-state index contributed by atoms with van der Waals surface area (Å²) in [4.78, 5) is 32.7. The van der Waals surface area contributed by atoms with Gasteiger partial charge in [-0.2, -0.15) is 0 Å². The molecule has 125 valence electrons. The summed E-state index contributed by atoms with van der Waals surface area (Å²) in [6.07, 6.45) is 1.32. The van der Waals surface area contributed by atoms with E-state index in [1.807, 2.05) is 0 Å². The average molecular weight is 323 g/mol. The number of nitrogens with zero attached hydrogens (tertiary/aromatic N) is 1. The van der Waals surface area contributed by atoms with Crippen LogP contribution >= 0.6 is 0 Å². The minimum atomic E-state index is -1.15. The van der Waals surface area contributed by atoms with Crippen LogP contribution in [0, 0.1) is 10.1 Å². The van der Waals surface area contributed by atoms with Crippen LogP contribution in [0.5, 0.6) is 11.5 Å². The zero-order chi connectivity index (χ0) is 17.4. The van der Waals surface area contributed by atoms with Crippen molar-refractivity contribution in [3.63, 3.8) is 0 Å². The lowest BCUT2D eigenvalue weighted by atomic mass is 9.86. The smallest absolute Gasteiger partial charge is 0.221 e. The lowest BCUT2D eigenvalue weighted by Crippen LogP contribution is -2.30. The van der Waals surface area contributed by atoms with Gasteiger partial charge in [0.25, 0.3) is 0 Å². The van der Waals surface area contributed by atoms with Crippen molar-refractivity contribution in [1.82, 2.24) is 0 Å². The van der Waals surface area contributed by atoms with Crippen LogP contribution < -0.4 is 15.2 Å². The van der Waals surface area contributed by atoms with E-state index in [1.54, 1.807) is 24.5 Å². The molecule has 1 amide bonds. The summed E-state index contributed by atoms with van der Waals surface area (Å²) in [5.41, 5.74) is 5.56. The number of hydrogen-bond acceptors (Lipinski definition) is 6. The number of primary amides is 1. The van der Waals surface area contributed by atoms with Crippen molar-refractivity contribution >= 4 is 12.2 Å². The highest BCUT2D eigenvalue weighted by atomic mass is 16.6. The first-order valence-corrected chi connectivity index (χ1v) is 6.93. The Kier molecular flexibility index (Phi) is 6.98. The molecule has 0 heterocycles. The molecule has 1 radical (unpaired) electrons. The molecule has 0 bridgehead atoms. The lowest BCUT2D eigenvalue weighted by Gasteiger charge is -2.21. The molecule has 0 aliphatic rings. The van der Waals surface area contributed by atoms with Gasteiger partial charge < -0.3 is 15.2 Å². The molecule has 0 aliphatic heterocycles. The number of methoxy groups -OCH3 is 2. The molecule has 8 nitrogen and oxygen atoms in total. The maximum atomic E-state index is 11.4. The largest absolute Gasteiger partial charge is 0.497 e. The van der Waals surface area contributed by atoms with Crippen LogP contribution in [0.2, 0.25) is 0 Å². The average Bonchev–Trinajstić information content (AvgIpc) is 2.52. The second-order valence-electron chi connectivity index (χ2n) is 4.92. The number of amides is 1. The van der Waals surface area contributed by atoms with E-state index in [2.05, 4.69) is 0 Å². The third kappa shape index (κ3) is 4.94. The van der Waals surface area contributed by atoms with Crippen LogP contribution in [0.15, 0.2) is 18.2 Å². The first-order chi connectivity index (χ1) is 10.9. The molecule has 2 unspecified atom stereocenters. The number of nitrogens with two attached hydrogens (primary N) is 1. The first-order valence-electron chi connectivity index (χ1n) is 6.93. The third-order valence-electron chi connectivity index (χ3n) is 3.57. The van der Waals surface area contributed by atoms with Crippen LogP contribution in [-0.4, -0.2) is 37.4 Å². The number of benzene rings is 1. The zero-order valence-corrected chi connectivity index (χ0v) is 13.0. The summed E-state index contributed by atoms with van der Waals surface area (Å²) in [6.45, 7) is 0. The summed E-state index contributed by atoms with van der Waals surface area (Å²) in [5, 5.41) is 11.4. The predicted octanol–water partition coefficient (Wildman–Crippen LogP) is 1.20. The Morgan fingerprint density at radius 2 is 2.09 bits per heavy atom. The van der Waals surface area contributed by atoms with E-state index in [9.17, 15) is 19.7 Å². The van der Waals surface area contributed by atoms with Gasteiger partial charge in [0.1, 0.15) is 11.5 Å². The molecule has 0 aromatic heterocycles. The molecule has 0 fully saturated rings. The van der Waals surface area contributed by atoms with Crippen LogP contribution in [-0.2, 0) is 9.59 Å². The summed E-state index contributed by atoms with van der Waals surface area (Å²) in [6, 6.07) is 3.67. The molecule has 23 heavy (non-hydrogen) atoms. The van der Waals surface area contributed by atoms with Crippen LogP contribution in [0.3, 0.4) is 0 Å². The zero-order valence-electron chi connectivity index (χ0n) is 13.0. The van der Waals surface area contributed by atoms with Crippen LogP contribution in [0.4, 0.5) is 0 Å². The highest BCUT2D eigenvalue weighted by Gasteiger charge is 2.34. The monoisotopic (exact) mass is 323 g/mol. The normalized spacial score (nSPS) is 13.0. The van der Waals surface area contributed by atoms with Crippen molar-refractivity contribution in [2.45, 2.75) is 31.2 Å². The molecule has 0 saturated carbocycles. The second-order valence-corrected chi connectivity index (χ2v) is 4.92. The summed E-state index contributed by atoms with van der Waals surface area (Å²) in [5.74, 6) is -0.514.